The third-order valence-corrected chi connectivity index (χ3v) is 1.48. The predicted octanol–water partition coefficient (Wildman–Crippen LogP) is 1.44. The number of nitrogens with two attached hydrogens (primary N) is 1. The first-order chi connectivity index (χ1) is 3.68. The van der Waals surface area contributed by atoms with Gasteiger partial charge in [0.2, 0.25) is 0 Å². The van der Waals surface area contributed by atoms with Crippen LogP contribution < -0.4 is 5.73 Å². The van der Waals surface area contributed by atoms with Crippen molar-refractivity contribution in [1.29, 1.82) is 0 Å². The van der Waals surface area contributed by atoms with E-state index < -0.39 is 0 Å². The Hall–Kier alpha value is -0.0400. The van der Waals surface area contributed by atoms with Gasteiger partial charge in [0.1, 0.15) is 0 Å². The Morgan fingerprint density at radius 2 is 2.00 bits per heavy atom. The van der Waals surface area contributed by atoms with Crippen LogP contribution in [0.5, 0.6) is 0 Å². The van der Waals surface area contributed by atoms with E-state index in [1.807, 2.05) is 0 Å². The van der Waals surface area contributed by atoms with Gasteiger partial charge in [-0.3, -0.25) is 0 Å². The normalized spacial score (nSPS) is 14.6. The number of hydrogen-bond donors (Lipinski definition) is 1. The van der Waals surface area contributed by atoms with Gasteiger partial charge >= 0.3 is 0 Å². The fraction of sp³-hybridized carbons (Fsp3) is 0.857. The van der Waals surface area contributed by atoms with E-state index >= 15 is 0 Å². The summed E-state index contributed by atoms with van der Waals surface area (Å²) in [6, 6.07) is 0. The lowest BCUT2D eigenvalue weighted by Crippen LogP contribution is -2.10. The standard InChI is InChI=1S/C7H16N/c1-6(2)7(3)4-5-8/h6-7H,3-5,8H2,1-2H3. The third-order valence-electron chi connectivity index (χ3n) is 1.48. The van der Waals surface area contributed by atoms with Gasteiger partial charge in [0.05, 0.1) is 0 Å². The van der Waals surface area contributed by atoms with Crippen LogP contribution in [0.3, 0.4) is 0 Å². The quantitative estimate of drug-likeness (QED) is 0.590. The first kappa shape index (κ1) is 7.96. The Kier molecular flexibility index (Phi) is 3.88. The fourth-order valence-electron chi connectivity index (χ4n) is 0.547. The molecule has 1 atom stereocenters. The highest BCUT2D eigenvalue weighted by Gasteiger charge is 2.03. The molecule has 0 fully saturated rings. The minimum absolute atomic E-state index is 0.542. The van der Waals surface area contributed by atoms with Crippen molar-refractivity contribution in [1.82, 2.24) is 0 Å². The molecule has 0 aromatic heterocycles. The summed E-state index contributed by atoms with van der Waals surface area (Å²) < 4.78 is 0. The van der Waals surface area contributed by atoms with E-state index in [1.54, 1.807) is 0 Å². The summed E-state index contributed by atoms with van der Waals surface area (Å²) >= 11 is 0. The predicted molar refractivity (Wildman–Crippen MR) is 37.4 cm³/mol. The molecular formula is C7H16N. The van der Waals surface area contributed by atoms with E-state index in [2.05, 4.69) is 20.8 Å². The Balaban J connectivity index is 3.17. The second-order valence-corrected chi connectivity index (χ2v) is 2.58. The molecule has 0 saturated heterocycles. The minimum atomic E-state index is 0.542. The van der Waals surface area contributed by atoms with Crippen molar-refractivity contribution < 1.29 is 0 Å². The van der Waals surface area contributed by atoms with Crippen molar-refractivity contribution >= 4 is 0 Å². The average molecular weight is 114 g/mol. The Bertz CT molecular complexity index is 50.3. The van der Waals surface area contributed by atoms with Crippen molar-refractivity contribution in [3.63, 3.8) is 0 Å². The molecule has 2 N–H and O–H groups in total. The van der Waals surface area contributed by atoms with E-state index in [4.69, 9.17) is 5.73 Å². The summed E-state index contributed by atoms with van der Waals surface area (Å²) in [6.45, 7) is 9.07. The van der Waals surface area contributed by atoms with Gasteiger partial charge in [-0.25, -0.2) is 0 Å². The fourth-order valence-corrected chi connectivity index (χ4v) is 0.547. The molecule has 0 rings (SSSR count). The van der Waals surface area contributed by atoms with Gasteiger partial charge in [0, 0.05) is 0 Å². The zero-order chi connectivity index (χ0) is 6.57. The lowest BCUT2D eigenvalue weighted by Gasteiger charge is -2.12. The van der Waals surface area contributed by atoms with Crippen LogP contribution in [0.15, 0.2) is 0 Å². The molecule has 0 amide bonds. The first-order valence-corrected chi connectivity index (χ1v) is 3.21. The van der Waals surface area contributed by atoms with Crippen molar-refractivity contribution in [3.05, 3.63) is 6.92 Å². The maximum atomic E-state index is 5.33. The maximum absolute atomic E-state index is 5.33. The Morgan fingerprint density at radius 1 is 1.50 bits per heavy atom. The van der Waals surface area contributed by atoms with Crippen molar-refractivity contribution in [3.8, 4) is 0 Å². The molecule has 1 unspecified atom stereocenters. The zero-order valence-corrected chi connectivity index (χ0v) is 5.85. The highest BCUT2D eigenvalue weighted by molar-refractivity contribution is 4.64. The number of hydrogen-bond acceptors (Lipinski definition) is 1. The van der Waals surface area contributed by atoms with Crippen LogP contribution in [0, 0.1) is 18.8 Å². The third kappa shape index (κ3) is 3.03. The van der Waals surface area contributed by atoms with Gasteiger partial charge in [0.25, 0.3) is 0 Å². The molecule has 1 radical (unpaired) electrons. The van der Waals surface area contributed by atoms with Crippen LogP contribution in [0.4, 0.5) is 0 Å². The van der Waals surface area contributed by atoms with Crippen LogP contribution in [-0.2, 0) is 0 Å². The van der Waals surface area contributed by atoms with Gasteiger partial charge in [-0.05, 0) is 31.7 Å². The summed E-state index contributed by atoms with van der Waals surface area (Å²) in [4.78, 5) is 0. The van der Waals surface area contributed by atoms with Crippen LogP contribution in [0.25, 0.3) is 0 Å². The Labute approximate surface area is 52.3 Å². The van der Waals surface area contributed by atoms with E-state index in [9.17, 15) is 0 Å². The monoisotopic (exact) mass is 114 g/mol. The van der Waals surface area contributed by atoms with Gasteiger partial charge in [-0.15, -0.1) is 0 Å². The van der Waals surface area contributed by atoms with Crippen LogP contribution >= 0.6 is 0 Å². The Morgan fingerprint density at radius 3 is 2.12 bits per heavy atom. The van der Waals surface area contributed by atoms with Crippen molar-refractivity contribution in [2.24, 2.45) is 17.6 Å². The number of rotatable bonds is 3. The lowest BCUT2D eigenvalue weighted by molar-refractivity contribution is 0.438. The largest absolute Gasteiger partial charge is 0.330 e. The molecular weight excluding hydrogens is 98.1 g/mol. The van der Waals surface area contributed by atoms with Crippen LogP contribution in [0.1, 0.15) is 20.3 Å². The minimum Gasteiger partial charge on any atom is -0.330 e. The van der Waals surface area contributed by atoms with Gasteiger partial charge in [-0.2, -0.15) is 0 Å². The van der Waals surface area contributed by atoms with E-state index in [-0.39, 0.29) is 0 Å². The molecule has 49 valence electrons. The summed E-state index contributed by atoms with van der Waals surface area (Å²) in [7, 11) is 0. The smallest absolute Gasteiger partial charge is 0.00745 e. The van der Waals surface area contributed by atoms with Gasteiger partial charge in [-0.1, -0.05) is 13.8 Å². The molecule has 8 heavy (non-hydrogen) atoms. The van der Waals surface area contributed by atoms with Gasteiger partial charge in [0.15, 0.2) is 0 Å². The highest BCUT2D eigenvalue weighted by atomic mass is 14.5. The summed E-state index contributed by atoms with van der Waals surface area (Å²) in [5.41, 5.74) is 5.33. The van der Waals surface area contributed by atoms with Gasteiger partial charge < -0.3 is 5.73 Å². The molecule has 0 spiro atoms. The first-order valence-electron chi connectivity index (χ1n) is 3.21. The zero-order valence-electron chi connectivity index (χ0n) is 5.85. The molecule has 0 aliphatic rings. The van der Waals surface area contributed by atoms with E-state index in [1.165, 1.54) is 0 Å². The second kappa shape index (κ2) is 3.90. The van der Waals surface area contributed by atoms with Crippen molar-refractivity contribution in [2.75, 3.05) is 6.54 Å². The summed E-state index contributed by atoms with van der Waals surface area (Å²) in [5.74, 6) is 1.22. The molecule has 0 aliphatic heterocycles. The SMILES string of the molecule is [CH2]C(CCN)C(C)C. The molecule has 0 aromatic carbocycles. The molecule has 0 aliphatic carbocycles. The lowest BCUT2D eigenvalue weighted by atomic mass is 9.95. The van der Waals surface area contributed by atoms with Crippen molar-refractivity contribution in [2.45, 2.75) is 20.3 Å². The molecule has 0 aromatic rings. The second-order valence-electron chi connectivity index (χ2n) is 2.58. The maximum Gasteiger partial charge on any atom is -0.00745 e. The summed E-state index contributed by atoms with van der Waals surface area (Å²) in [5, 5.41) is 0. The van der Waals surface area contributed by atoms with Crippen LogP contribution in [0.2, 0.25) is 0 Å². The van der Waals surface area contributed by atoms with Crippen LogP contribution in [-0.4, -0.2) is 6.54 Å². The summed E-state index contributed by atoms with van der Waals surface area (Å²) in [6.07, 6.45) is 1.05. The average Bonchev–Trinajstić information content (AvgIpc) is 1.67. The molecule has 1 heteroatoms. The molecule has 1 nitrogen and oxygen atoms in total. The molecule has 0 bridgehead atoms. The molecule has 0 saturated carbocycles. The highest BCUT2D eigenvalue weighted by Crippen LogP contribution is 2.11. The van der Waals surface area contributed by atoms with E-state index in [0.717, 1.165) is 13.0 Å². The molecule has 0 heterocycles. The topological polar surface area (TPSA) is 26.0 Å². The van der Waals surface area contributed by atoms with E-state index in [0.29, 0.717) is 11.8 Å².